The molecule has 0 radical (unpaired) electrons. The molecule has 0 aromatic heterocycles. The predicted octanol–water partition coefficient (Wildman–Crippen LogP) is 2.72. The number of allylic oxidation sites excluding steroid dienone is 2. The van der Waals surface area contributed by atoms with Gasteiger partial charge in [0.15, 0.2) is 0 Å². The van der Waals surface area contributed by atoms with Crippen molar-refractivity contribution < 1.29 is 25.2 Å². The summed E-state index contributed by atoms with van der Waals surface area (Å²) in [5.74, 6) is 0.743. The SMILES string of the molecule is CC(C)=CCC[C@]1(COS(C)(=O)=O)[C@H]2CC[C@H](C2)[C@H]1COS(C)(=O)=O. The van der Waals surface area contributed by atoms with Crippen LogP contribution in [0.25, 0.3) is 0 Å². The number of hydrogen-bond acceptors (Lipinski definition) is 6. The third-order valence-corrected chi connectivity index (χ3v) is 6.87. The zero-order chi connectivity index (χ0) is 18.9. The van der Waals surface area contributed by atoms with E-state index in [0.717, 1.165) is 44.6 Å². The lowest BCUT2D eigenvalue weighted by atomic mass is 9.64. The molecule has 25 heavy (non-hydrogen) atoms. The fraction of sp³-hybridized carbons (Fsp3) is 0.882. The minimum Gasteiger partial charge on any atom is -0.270 e. The zero-order valence-electron chi connectivity index (χ0n) is 15.5. The molecule has 2 saturated carbocycles. The topological polar surface area (TPSA) is 86.7 Å². The summed E-state index contributed by atoms with van der Waals surface area (Å²) in [6, 6.07) is 0. The van der Waals surface area contributed by atoms with Crippen molar-refractivity contribution in [1.82, 2.24) is 0 Å². The van der Waals surface area contributed by atoms with Crippen molar-refractivity contribution in [2.45, 2.75) is 46.0 Å². The summed E-state index contributed by atoms with van der Waals surface area (Å²) in [4.78, 5) is 0. The van der Waals surface area contributed by atoms with Crippen LogP contribution >= 0.6 is 0 Å². The highest BCUT2D eigenvalue weighted by atomic mass is 32.2. The molecule has 0 amide bonds. The number of fused-ring (bicyclic) bond motifs is 2. The summed E-state index contributed by atoms with van der Waals surface area (Å²) in [6.45, 7) is 4.29. The van der Waals surface area contributed by atoms with Crippen molar-refractivity contribution in [2.75, 3.05) is 25.7 Å². The first-order valence-electron chi connectivity index (χ1n) is 8.75. The van der Waals surface area contributed by atoms with Crippen LogP contribution < -0.4 is 0 Å². The molecule has 8 heteroatoms. The van der Waals surface area contributed by atoms with E-state index < -0.39 is 20.2 Å². The average Bonchev–Trinajstić information content (AvgIpc) is 3.01. The average molecular weight is 395 g/mol. The Hall–Kier alpha value is -0.440. The third-order valence-electron chi connectivity index (χ3n) is 5.76. The van der Waals surface area contributed by atoms with Crippen LogP contribution in [-0.4, -0.2) is 42.6 Å². The summed E-state index contributed by atoms with van der Waals surface area (Å²) in [7, 11) is -7.08. The van der Waals surface area contributed by atoms with Crippen LogP contribution in [0.2, 0.25) is 0 Å². The largest absolute Gasteiger partial charge is 0.270 e. The van der Waals surface area contributed by atoms with Crippen LogP contribution in [0.15, 0.2) is 11.6 Å². The van der Waals surface area contributed by atoms with Crippen LogP contribution in [0, 0.1) is 23.2 Å². The van der Waals surface area contributed by atoms with E-state index in [1.54, 1.807) is 0 Å². The summed E-state index contributed by atoms with van der Waals surface area (Å²) >= 11 is 0. The van der Waals surface area contributed by atoms with Crippen LogP contribution in [0.5, 0.6) is 0 Å². The molecule has 4 atom stereocenters. The highest BCUT2D eigenvalue weighted by Crippen LogP contribution is 2.62. The van der Waals surface area contributed by atoms with E-state index in [-0.39, 0.29) is 24.5 Å². The van der Waals surface area contributed by atoms with Gasteiger partial charge in [0.2, 0.25) is 0 Å². The lowest BCUT2D eigenvalue weighted by molar-refractivity contribution is -0.00410. The molecule has 2 rings (SSSR count). The molecule has 0 aromatic carbocycles. The summed E-state index contributed by atoms with van der Waals surface area (Å²) in [5, 5.41) is 0. The summed E-state index contributed by atoms with van der Waals surface area (Å²) in [5.41, 5.74) is 0.870. The summed E-state index contributed by atoms with van der Waals surface area (Å²) in [6.07, 6.45) is 8.96. The minimum absolute atomic E-state index is 0.00767. The molecule has 0 unspecified atom stereocenters. The van der Waals surface area contributed by atoms with Gasteiger partial charge in [-0.3, -0.25) is 8.37 Å². The number of rotatable bonds is 9. The lowest BCUT2D eigenvalue weighted by Gasteiger charge is -2.43. The first-order valence-corrected chi connectivity index (χ1v) is 12.4. The predicted molar refractivity (Wildman–Crippen MR) is 97.0 cm³/mol. The van der Waals surface area contributed by atoms with E-state index in [2.05, 4.69) is 6.08 Å². The lowest BCUT2D eigenvalue weighted by Crippen LogP contribution is -2.43. The van der Waals surface area contributed by atoms with E-state index >= 15 is 0 Å². The van der Waals surface area contributed by atoms with Gasteiger partial charge >= 0.3 is 0 Å². The molecule has 6 nitrogen and oxygen atoms in total. The van der Waals surface area contributed by atoms with Crippen molar-refractivity contribution in [2.24, 2.45) is 23.2 Å². The van der Waals surface area contributed by atoms with Crippen molar-refractivity contribution in [3.8, 4) is 0 Å². The molecule has 0 aliphatic heterocycles. The van der Waals surface area contributed by atoms with Crippen LogP contribution in [0.3, 0.4) is 0 Å². The van der Waals surface area contributed by atoms with Gasteiger partial charge in [0, 0.05) is 5.41 Å². The van der Waals surface area contributed by atoms with Gasteiger partial charge in [-0.2, -0.15) is 16.8 Å². The molecule has 2 fully saturated rings. The maximum Gasteiger partial charge on any atom is 0.264 e. The van der Waals surface area contributed by atoms with Gasteiger partial charge in [0.25, 0.3) is 20.2 Å². The summed E-state index contributed by atoms with van der Waals surface area (Å²) < 4.78 is 56.5. The Bertz CT molecular complexity index is 705. The van der Waals surface area contributed by atoms with Crippen LogP contribution in [0.4, 0.5) is 0 Å². The second kappa shape index (κ2) is 7.66. The molecular weight excluding hydrogens is 364 g/mol. The molecule has 2 bridgehead atoms. The van der Waals surface area contributed by atoms with Crippen molar-refractivity contribution >= 4 is 20.2 Å². The molecule has 0 heterocycles. The molecule has 0 aromatic rings. The van der Waals surface area contributed by atoms with E-state index in [4.69, 9.17) is 8.37 Å². The van der Waals surface area contributed by atoms with Crippen molar-refractivity contribution in [1.29, 1.82) is 0 Å². The van der Waals surface area contributed by atoms with Crippen LogP contribution in [0.1, 0.15) is 46.0 Å². The first-order chi connectivity index (χ1) is 11.4. The van der Waals surface area contributed by atoms with Gasteiger partial charge < -0.3 is 0 Å². The van der Waals surface area contributed by atoms with Crippen LogP contribution in [-0.2, 0) is 28.6 Å². The molecule has 146 valence electrons. The Labute approximate surface area is 152 Å². The molecular formula is C17H30O6S2. The second-order valence-corrected chi connectivity index (χ2v) is 11.2. The Morgan fingerprint density at radius 2 is 1.72 bits per heavy atom. The fourth-order valence-electron chi connectivity index (χ4n) is 4.71. The Kier molecular flexibility index (Phi) is 6.40. The zero-order valence-corrected chi connectivity index (χ0v) is 17.2. The normalized spacial score (nSPS) is 32.1. The van der Waals surface area contributed by atoms with Gasteiger partial charge in [-0.25, -0.2) is 0 Å². The maximum absolute atomic E-state index is 11.6. The van der Waals surface area contributed by atoms with Gasteiger partial charge in [-0.15, -0.1) is 0 Å². The first kappa shape index (κ1) is 20.9. The fourth-order valence-corrected chi connectivity index (χ4v) is 5.54. The number of hydrogen-bond donors (Lipinski definition) is 0. The molecule has 0 spiro atoms. The van der Waals surface area contributed by atoms with E-state index in [0.29, 0.717) is 11.8 Å². The highest BCUT2D eigenvalue weighted by Gasteiger charge is 2.58. The molecule has 0 N–H and O–H groups in total. The van der Waals surface area contributed by atoms with Gasteiger partial charge in [-0.1, -0.05) is 11.6 Å². The Balaban J connectivity index is 2.26. The quantitative estimate of drug-likeness (QED) is 0.441. The van der Waals surface area contributed by atoms with Gasteiger partial charge in [0.1, 0.15) is 0 Å². The molecule has 2 aliphatic rings. The Morgan fingerprint density at radius 1 is 1.08 bits per heavy atom. The molecule has 2 aliphatic carbocycles. The van der Waals surface area contributed by atoms with Crippen molar-refractivity contribution in [3.05, 3.63) is 11.6 Å². The standard InChI is InChI=1S/C17H30O6S2/c1-13(2)6-5-9-17(12-23-25(4,20)21)15-8-7-14(10-15)16(17)11-22-24(3,18)19/h6,14-16H,5,7-12H2,1-4H3/t14-,15+,16-,17+/m1/s1. The second-order valence-electron chi connectivity index (χ2n) is 7.88. The van der Waals surface area contributed by atoms with E-state index in [9.17, 15) is 16.8 Å². The van der Waals surface area contributed by atoms with E-state index in [1.165, 1.54) is 5.57 Å². The highest BCUT2D eigenvalue weighted by molar-refractivity contribution is 7.86. The Morgan fingerprint density at radius 3 is 2.28 bits per heavy atom. The van der Waals surface area contributed by atoms with Gasteiger partial charge in [0.05, 0.1) is 25.7 Å². The maximum atomic E-state index is 11.6. The monoisotopic (exact) mass is 394 g/mol. The van der Waals surface area contributed by atoms with E-state index in [1.807, 2.05) is 13.8 Å². The smallest absolute Gasteiger partial charge is 0.264 e. The minimum atomic E-state index is -3.55. The van der Waals surface area contributed by atoms with Crippen molar-refractivity contribution in [3.63, 3.8) is 0 Å². The molecule has 0 saturated heterocycles. The third kappa shape index (κ3) is 5.52. The van der Waals surface area contributed by atoms with Gasteiger partial charge in [-0.05, 0) is 63.7 Å².